The molecule has 0 unspecified atom stereocenters. The van der Waals surface area contributed by atoms with Crippen LogP contribution < -0.4 is 5.32 Å². The number of aryl methyl sites for hydroxylation is 1. The lowest BCUT2D eigenvalue weighted by Gasteiger charge is -1.98. The average Bonchev–Trinajstić information content (AvgIpc) is 1.95. The summed E-state index contributed by atoms with van der Waals surface area (Å²) in [5, 5.41) is 2.71. The van der Waals surface area contributed by atoms with Gasteiger partial charge in [0.25, 0.3) is 0 Å². The van der Waals surface area contributed by atoms with Gasteiger partial charge in [-0.15, -0.1) is 0 Å². The predicted octanol–water partition coefficient (Wildman–Crippen LogP) is 0.966. The van der Waals surface area contributed by atoms with Crippen LogP contribution in [0.2, 0.25) is 0 Å². The molecule has 0 amide bonds. The molecule has 0 fully saturated rings. The van der Waals surface area contributed by atoms with Crippen LogP contribution in [0.15, 0.2) is 6.20 Å². The van der Waals surface area contributed by atoms with Gasteiger partial charge in [-0.1, -0.05) is 0 Å². The van der Waals surface area contributed by atoms with Crippen molar-refractivity contribution in [1.82, 2.24) is 9.97 Å². The molecule has 0 spiro atoms. The first kappa shape index (κ1) is 6.92. The molecule has 0 saturated carbocycles. The van der Waals surface area contributed by atoms with Crippen LogP contribution in [0.1, 0.15) is 5.69 Å². The van der Waals surface area contributed by atoms with Crippen LogP contribution in [0.4, 0.5) is 10.3 Å². The van der Waals surface area contributed by atoms with Gasteiger partial charge < -0.3 is 5.32 Å². The van der Waals surface area contributed by atoms with E-state index in [9.17, 15) is 4.39 Å². The van der Waals surface area contributed by atoms with E-state index >= 15 is 0 Å². The smallest absolute Gasteiger partial charge is 0.222 e. The van der Waals surface area contributed by atoms with E-state index < -0.39 is 0 Å². The second kappa shape index (κ2) is 2.60. The maximum atomic E-state index is 12.5. The lowest BCUT2D eigenvalue weighted by molar-refractivity contribution is 0.602. The van der Waals surface area contributed by atoms with Gasteiger partial charge in [-0.25, -0.2) is 14.4 Å². The van der Waals surface area contributed by atoms with Gasteiger partial charge >= 0.3 is 0 Å². The van der Waals surface area contributed by atoms with Crippen molar-refractivity contribution in [3.63, 3.8) is 0 Å². The van der Waals surface area contributed by atoms with Gasteiger partial charge in [0.1, 0.15) is 0 Å². The van der Waals surface area contributed by atoms with Crippen LogP contribution in [0.3, 0.4) is 0 Å². The van der Waals surface area contributed by atoms with Crippen LogP contribution in [0, 0.1) is 12.7 Å². The highest BCUT2D eigenvalue weighted by Gasteiger charge is 1.98. The van der Waals surface area contributed by atoms with Crippen molar-refractivity contribution in [3.05, 3.63) is 17.7 Å². The van der Waals surface area contributed by atoms with E-state index in [0.717, 1.165) is 6.20 Å². The van der Waals surface area contributed by atoms with Gasteiger partial charge in [-0.2, -0.15) is 0 Å². The Morgan fingerprint density at radius 1 is 1.60 bits per heavy atom. The third-order valence-corrected chi connectivity index (χ3v) is 1.14. The van der Waals surface area contributed by atoms with Gasteiger partial charge in [0, 0.05) is 7.05 Å². The van der Waals surface area contributed by atoms with Gasteiger partial charge in [0.15, 0.2) is 5.82 Å². The summed E-state index contributed by atoms with van der Waals surface area (Å²) in [6.45, 7) is 1.60. The molecule has 1 aromatic heterocycles. The second-order valence-electron chi connectivity index (χ2n) is 1.88. The molecular formula is C6H8FN3. The number of nitrogens with one attached hydrogen (secondary N) is 1. The first-order valence-corrected chi connectivity index (χ1v) is 2.91. The summed E-state index contributed by atoms with van der Waals surface area (Å²) >= 11 is 0. The van der Waals surface area contributed by atoms with Gasteiger partial charge in [-0.3, -0.25) is 0 Å². The molecule has 1 aromatic rings. The van der Waals surface area contributed by atoms with Gasteiger partial charge in [0.2, 0.25) is 5.95 Å². The Balaban J connectivity index is 3.04. The number of aromatic nitrogens is 2. The Morgan fingerprint density at radius 3 is 2.80 bits per heavy atom. The highest BCUT2D eigenvalue weighted by molar-refractivity contribution is 5.23. The third-order valence-electron chi connectivity index (χ3n) is 1.14. The molecule has 0 saturated heterocycles. The van der Waals surface area contributed by atoms with Gasteiger partial charge in [-0.05, 0) is 6.92 Å². The number of anilines is 1. The van der Waals surface area contributed by atoms with Crippen LogP contribution >= 0.6 is 0 Å². The SMILES string of the molecule is CNc1ncc(F)c(C)n1. The normalized spacial score (nSPS) is 9.50. The molecule has 4 heteroatoms. The Labute approximate surface area is 58.3 Å². The predicted molar refractivity (Wildman–Crippen MR) is 36.3 cm³/mol. The summed E-state index contributed by atoms with van der Waals surface area (Å²) in [4.78, 5) is 7.45. The average molecular weight is 141 g/mol. The molecule has 1 N–H and O–H groups in total. The molecule has 0 aliphatic rings. The first-order valence-electron chi connectivity index (χ1n) is 2.91. The molecule has 0 atom stereocenters. The highest BCUT2D eigenvalue weighted by atomic mass is 19.1. The minimum atomic E-state index is -0.376. The molecule has 0 bridgehead atoms. The maximum Gasteiger partial charge on any atom is 0.222 e. The summed E-state index contributed by atoms with van der Waals surface area (Å²) in [6, 6.07) is 0. The van der Waals surface area contributed by atoms with Crippen molar-refractivity contribution >= 4 is 5.95 Å². The minimum Gasteiger partial charge on any atom is -0.357 e. The van der Waals surface area contributed by atoms with Crippen molar-refractivity contribution in [2.75, 3.05) is 12.4 Å². The molecule has 0 aliphatic heterocycles. The fourth-order valence-corrected chi connectivity index (χ4v) is 0.573. The zero-order valence-electron chi connectivity index (χ0n) is 5.85. The highest BCUT2D eigenvalue weighted by Crippen LogP contribution is 2.02. The lowest BCUT2D eigenvalue weighted by Crippen LogP contribution is -1.98. The molecule has 3 nitrogen and oxygen atoms in total. The molecule has 10 heavy (non-hydrogen) atoms. The zero-order chi connectivity index (χ0) is 7.56. The molecule has 1 rings (SSSR count). The Kier molecular flexibility index (Phi) is 1.80. The summed E-state index contributed by atoms with van der Waals surface area (Å²) in [6.07, 6.45) is 1.15. The Hall–Kier alpha value is -1.19. The monoisotopic (exact) mass is 141 g/mol. The van der Waals surface area contributed by atoms with Crippen molar-refractivity contribution < 1.29 is 4.39 Å². The fourth-order valence-electron chi connectivity index (χ4n) is 0.573. The number of hydrogen-bond donors (Lipinski definition) is 1. The summed E-state index contributed by atoms with van der Waals surface area (Å²) in [5.41, 5.74) is 0.361. The van der Waals surface area contributed by atoms with E-state index in [1.165, 1.54) is 0 Å². The van der Waals surface area contributed by atoms with E-state index in [1.54, 1.807) is 14.0 Å². The third kappa shape index (κ3) is 1.21. The number of nitrogens with zero attached hydrogens (tertiary/aromatic N) is 2. The summed E-state index contributed by atoms with van der Waals surface area (Å²) in [7, 11) is 1.69. The standard InChI is InChI=1S/C6H8FN3/c1-4-5(7)3-9-6(8-2)10-4/h3H,1-2H3,(H,8,9,10). The Bertz CT molecular complexity index is 236. The lowest BCUT2D eigenvalue weighted by atomic mass is 10.4. The van der Waals surface area contributed by atoms with Crippen LogP contribution in [-0.4, -0.2) is 17.0 Å². The van der Waals surface area contributed by atoms with Crippen molar-refractivity contribution in [3.8, 4) is 0 Å². The number of rotatable bonds is 1. The van der Waals surface area contributed by atoms with Crippen molar-refractivity contribution in [1.29, 1.82) is 0 Å². The maximum absolute atomic E-state index is 12.5. The zero-order valence-corrected chi connectivity index (χ0v) is 5.85. The number of halogens is 1. The molecular weight excluding hydrogens is 133 g/mol. The van der Waals surface area contributed by atoms with E-state index in [4.69, 9.17) is 0 Å². The van der Waals surface area contributed by atoms with Crippen LogP contribution in [0.5, 0.6) is 0 Å². The van der Waals surface area contributed by atoms with E-state index in [2.05, 4.69) is 15.3 Å². The van der Waals surface area contributed by atoms with Crippen LogP contribution in [-0.2, 0) is 0 Å². The molecule has 1 heterocycles. The molecule has 54 valence electrons. The minimum absolute atomic E-state index is 0.361. The Morgan fingerprint density at radius 2 is 2.30 bits per heavy atom. The van der Waals surface area contributed by atoms with Crippen molar-refractivity contribution in [2.45, 2.75) is 6.92 Å². The number of hydrogen-bond acceptors (Lipinski definition) is 3. The molecule has 0 aliphatic carbocycles. The fraction of sp³-hybridized carbons (Fsp3) is 0.333. The topological polar surface area (TPSA) is 37.8 Å². The van der Waals surface area contributed by atoms with E-state index in [1.807, 2.05) is 0 Å². The van der Waals surface area contributed by atoms with E-state index in [-0.39, 0.29) is 5.82 Å². The van der Waals surface area contributed by atoms with E-state index in [0.29, 0.717) is 11.6 Å². The molecule has 0 radical (unpaired) electrons. The quantitative estimate of drug-likeness (QED) is 0.633. The first-order chi connectivity index (χ1) is 4.74. The van der Waals surface area contributed by atoms with Crippen LogP contribution in [0.25, 0.3) is 0 Å². The molecule has 0 aromatic carbocycles. The van der Waals surface area contributed by atoms with Gasteiger partial charge in [0.05, 0.1) is 11.9 Å². The largest absolute Gasteiger partial charge is 0.357 e. The summed E-state index contributed by atoms with van der Waals surface area (Å²) < 4.78 is 12.5. The second-order valence-corrected chi connectivity index (χ2v) is 1.88. The summed E-state index contributed by atoms with van der Waals surface area (Å²) in [5.74, 6) is 0.0675. The van der Waals surface area contributed by atoms with Crippen molar-refractivity contribution in [2.24, 2.45) is 0 Å².